The monoisotopic (exact) mass is 361 g/mol. The molecule has 0 aromatic heterocycles. The van der Waals surface area contributed by atoms with Crippen molar-refractivity contribution in [2.24, 2.45) is 11.8 Å². The Labute approximate surface area is 151 Å². The molecule has 3 heterocycles. The van der Waals surface area contributed by atoms with Crippen LogP contribution in [0.2, 0.25) is 0 Å². The zero-order valence-corrected chi connectivity index (χ0v) is 14.9. The molecule has 6 heteroatoms. The van der Waals surface area contributed by atoms with E-state index in [-0.39, 0.29) is 29.8 Å². The van der Waals surface area contributed by atoms with Crippen molar-refractivity contribution in [1.29, 1.82) is 0 Å². The molecule has 3 aliphatic rings. The van der Waals surface area contributed by atoms with Crippen LogP contribution in [-0.4, -0.2) is 53.4 Å². The van der Waals surface area contributed by atoms with E-state index >= 15 is 0 Å². The average Bonchev–Trinajstić information content (AvgIpc) is 3.28. The Balaban J connectivity index is 1.38. The number of aliphatic carboxylic acids is 1. The van der Waals surface area contributed by atoms with Crippen LogP contribution in [0.5, 0.6) is 0 Å². The first-order valence-electron chi connectivity index (χ1n) is 9.00. The lowest BCUT2D eigenvalue weighted by Crippen LogP contribution is -2.44. The van der Waals surface area contributed by atoms with Crippen molar-refractivity contribution >= 4 is 23.6 Å². The third kappa shape index (κ3) is 3.17. The van der Waals surface area contributed by atoms with Gasteiger partial charge in [0, 0.05) is 30.3 Å². The summed E-state index contributed by atoms with van der Waals surface area (Å²) in [6.07, 6.45) is 2.09. The Bertz CT molecular complexity index is 671. The number of hydrogen-bond acceptors (Lipinski definition) is 4. The van der Waals surface area contributed by atoms with E-state index in [1.807, 2.05) is 17.0 Å². The molecule has 1 aromatic rings. The molecule has 1 amide bonds. The lowest BCUT2D eigenvalue weighted by Gasteiger charge is -2.36. The van der Waals surface area contributed by atoms with Crippen LogP contribution in [0.1, 0.15) is 30.7 Å². The first-order valence-corrected chi connectivity index (χ1v) is 9.98. The second-order valence-electron chi connectivity index (χ2n) is 7.13. The van der Waals surface area contributed by atoms with Gasteiger partial charge in [-0.1, -0.05) is 18.2 Å². The zero-order valence-electron chi connectivity index (χ0n) is 14.1. The van der Waals surface area contributed by atoms with Crippen LogP contribution in [0.3, 0.4) is 0 Å². The normalized spacial score (nSPS) is 29.6. The second kappa shape index (κ2) is 7.00. The van der Waals surface area contributed by atoms with E-state index in [1.165, 1.54) is 4.90 Å². The number of ether oxygens (including phenoxy) is 1. The Morgan fingerprint density at radius 1 is 1.16 bits per heavy atom. The molecule has 4 rings (SSSR count). The maximum absolute atomic E-state index is 13.0. The molecule has 1 N–H and O–H groups in total. The van der Waals surface area contributed by atoms with Gasteiger partial charge in [-0.25, -0.2) is 0 Å². The summed E-state index contributed by atoms with van der Waals surface area (Å²) in [4.78, 5) is 27.5. The number of carboxylic acid groups (broad SMARTS) is 1. The topological polar surface area (TPSA) is 66.8 Å². The summed E-state index contributed by atoms with van der Waals surface area (Å²) in [7, 11) is 0. The van der Waals surface area contributed by atoms with Crippen molar-refractivity contribution in [2.45, 2.75) is 36.2 Å². The minimum atomic E-state index is -0.749. The highest BCUT2D eigenvalue weighted by Crippen LogP contribution is 2.41. The molecule has 2 fully saturated rings. The van der Waals surface area contributed by atoms with Gasteiger partial charge in [0.15, 0.2) is 0 Å². The third-order valence-corrected chi connectivity index (χ3v) is 6.95. The first kappa shape index (κ1) is 16.9. The molecular weight excluding hydrogens is 338 g/mol. The molecule has 0 bridgehead atoms. The van der Waals surface area contributed by atoms with Crippen molar-refractivity contribution in [3.8, 4) is 0 Å². The van der Waals surface area contributed by atoms with Gasteiger partial charge in [0.2, 0.25) is 5.91 Å². The summed E-state index contributed by atoms with van der Waals surface area (Å²) in [5, 5.41) is 9.34. The smallest absolute Gasteiger partial charge is 0.309 e. The van der Waals surface area contributed by atoms with Gasteiger partial charge in [0.25, 0.3) is 0 Å². The second-order valence-corrected chi connectivity index (χ2v) is 8.19. The molecule has 5 nitrogen and oxygen atoms in total. The van der Waals surface area contributed by atoms with Crippen molar-refractivity contribution in [3.63, 3.8) is 0 Å². The van der Waals surface area contributed by atoms with Crippen molar-refractivity contribution in [3.05, 3.63) is 29.8 Å². The highest BCUT2D eigenvalue weighted by molar-refractivity contribution is 7.99. The number of amides is 1. The van der Waals surface area contributed by atoms with E-state index in [2.05, 4.69) is 12.1 Å². The molecule has 1 aromatic carbocycles. The predicted octanol–water partition coefficient (Wildman–Crippen LogP) is 2.60. The van der Waals surface area contributed by atoms with E-state index in [4.69, 9.17) is 4.74 Å². The molecule has 25 heavy (non-hydrogen) atoms. The quantitative estimate of drug-likeness (QED) is 0.896. The molecule has 0 spiro atoms. The summed E-state index contributed by atoms with van der Waals surface area (Å²) >= 11 is 1.76. The maximum atomic E-state index is 13.0. The molecular formula is C19H23NO4S. The minimum Gasteiger partial charge on any atom is -0.481 e. The Morgan fingerprint density at radius 3 is 2.68 bits per heavy atom. The van der Waals surface area contributed by atoms with Crippen LogP contribution in [0.4, 0.5) is 0 Å². The van der Waals surface area contributed by atoms with E-state index in [0.717, 1.165) is 24.2 Å². The van der Waals surface area contributed by atoms with E-state index in [0.29, 0.717) is 26.1 Å². The Hall–Kier alpha value is -1.53. The number of hydrogen-bond donors (Lipinski definition) is 1. The number of carbonyl (C=O) groups is 2. The summed E-state index contributed by atoms with van der Waals surface area (Å²) in [6.45, 7) is 1.95. The molecule has 2 saturated heterocycles. The van der Waals surface area contributed by atoms with Gasteiger partial charge in [0.1, 0.15) is 0 Å². The number of rotatable bonds is 3. The third-order valence-electron chi connectivity index (χ3n) is 5.77. The average molecular weight is 361 g/mol. The SMILES string of the molecule is O=C(O)C1CCO[C@H]1C1CCN(C(=O)C2CSc3ccccc32)CC1. The molecule has 0 saturated carbocycles. The number of thioether (sulfide) groups is 1. The first-order chi connectivity index (χ1) is 12.1. The van der Waals surface area contributed by atoms with Gasteiger partial charge in [-0.2, -0.15) is 0 Å². The van der Waals surface area contributed by atoms with Crippen molar-refractivity contribution in [1.82, 2.24) is 4.90 Å². The number of fused-ring (bicyclic) bond motifs is 1. The van der Waals surface area contributed by atoms with Gasteiger partial charge < -0.3 is 14.7 Å². The van der Waals surface area contributed by atoms with Crippen LogP contribution in [0.15, 0.2) is 29.2 Å². The number of benzene rings is 1. The van der Waals surface area contributed by atoms with Crippen molar-refractivity contribution in [2.75, 3.05) is 25.4 Å². The fourth-order valence-electron chi connectivity index (χ4n) is 4.38. The number of carboxylic acids is 1. The van der Waals surface area contributed by atoms with Gasteiger partial charge in [-0.15, -0.1) is 11.8 Å². The maximum Gasteiger partial charge on any atom is 0.309 e. The largest absolute Gasteiger partial charge is 0.481 e. The van der Waals surface area contributed by atoms with Gasteiger partial charge in [0.05, 0.1) is 17.9 Å². The number of likely N-dealkylation sites (tertiary alicyclic amines) is 1. The molecule has 134 valence electrons. The molecule has 2 unspecified atom stereocenters. The zero-order chi connectivity index (χ0) is 17.4. The minimum absolute atomic E-state index is 0.0350. The molecule has 0 aliphatic carbocycles. The van der Waals surface area contributed by atoms with Crippen LogP contribution in [0.25, 0.3) is 0 Å². The van der Waals surface area contributed by atoms with Gasteiger partial charge >= 0.3 is 5.97 Å². The lowest BCUT2D eigenvalue weighted by molar-refractivity contribution is -0.146. The van der Waals surface area contributed by atoms with Gasteiger partial charge in [-0.05, 0) is 36.8 Å². The lowest BCUT2D eigenvalue weighted by atomic mass is 9.84. The van der Waals surface area contributed by atoms with Crippen LogP contribution in [-0.2, 0) is 14.3 Å². The van der Waals surface area contributed by atoms with E-state index in [9.17, 15) is 14.7 Å². The number of piperidine rings is 1. The molecule has 3 aliphatic heterocycles. The number of carbonyl (C=O) groups excluding carboxylic acids is 1. The fraction of sp³-hybridized carbons (Fsp3) is 0.579. The number of nitrogens with zero attached hydrogens (tertiary/aromatic N) is 1. The van der Waals surface area contributed by atoms with Crippen molar-refractivity contribution < 1.29 is 19.4 Å². The Morgan fingerprint density at radius 2 is 1.92 bits per heavy atom. The van der Waals surface area contributed by atoms with E-state index in [1.54, 1.807) is 11.8 Å². The summed E-state index contributed by atoms with van der Waals surface area (Å²) in [6, 6.07) is 8.17. The van der Waals surface area contributed by atoms with Crippen LogP contribution < -0.4 is 0 Å². The standard InChI is InChI=1S/C19H23NO4S/c21-18(15-11-25-16-4-2-1-3-13(15)16)20-8-5-12(6-9-20)17-14(19(22)23)7-10-24-17/h1-4,12,14-15,17H,5-11H2,(H,22,23)/t14?,15?,17-/m0/s1. The van der Waals surface area contributed by atoms with Crippen LogP contribution >= 0.6 is 11.8 Å². The van der Waals surface area contributed by atoms with E-state index < -0.39 is 5.97 Å². The summed E-state index contributed by atoms with van der Waals surface area (Å²) in [5.41, 5.74) is 1.16. The highest BCUT2D eigenvalue weighted by Gasteiger charge is 2.41. The predicted molar refractivity (Wildman–Crippen MR) is 94.7 cm³/mol. The molecule has 3 atom stereocenters. The molecule has 0 radical (unpaired) electrons. The van der Waals surface area contributed by atoms with Gasteiger partial charge in [-0.3, -0.25) is 9.59 Å². The summed E-state index contributed by atoms with van der Waals surface area (Å²) < 4.78 is 5.72. The Kier molecular flexibility index (Phi) is 4.73. The summed E-state index contributed by atoms with van der Waals surface area (Å²) in [5.74, 6) is 0.124. The van der Waals surface area contributed by atoms with Crippen LogP contribution in [0, 0.1) is 11.8 Å². The fourth-order valence-corrected chi connectivity index (χ4v) is 5.60. The highest BCUT2D eigenvalue weighted by atomic mass is 32.2.